The summed E-state index contributed by atoms with van der Waals surface area (Å²) in [6.07, 6.45) is 0. The molecule has 4 rings (SSSR count). The van der Waals surface area contributed by atoms with Crippen molar-refractivity contribution in [3.05, 3.63) is 87.7 Å². The van der Waals surface area contributed by atoms with Crippen LogP contribution in [0.5, 0.6) is 0 Å². The van der Waals surface area contributed by atoms with Crippen molar-refractivity contribution in [1.29, 1.82) is 0 Å². The van der Waals surface area contributed by atoms with E-state index < -0.39 is 0 Å². The quantitative estimate of drug-likeness (QED) is 0.576. The van der Waals surface area contributed by atoms with Gasteiger partial charge in [0, 0.05) is 56.5 Å². The van der Waals surface area contributed by atoms with Gasteiger partial charge in [0.05, 0.1) is 0 Å². The second-order valence-electron chi connectivity index (χ2n) is 7.88. The molecule has 166 valence electrons. The van der Waals surface area contributed by atoms with Crippen LogP contribution >= 0.6 is 11.6 Å². The Hall–Kier alpha value is -3.32. The van der Waals surface area contributed by atoms with E-state index in [4.69, 9.17) is 11.6 Å². The van der Waals surface area contributed by atoms with Crippen LogP contribution in [0.4, 0.5) is 11.5 Å². The lowest BCUT2D eigenvalue weighted by Gasteiger charge is -2.36. The van der Waals surface area contributed by atoms with Crippen molar-refractivity contribution in [2.24, 2.45) is 0 Å². The Morgan fingerprint density at radius 1 is 0.969 bits per heavy atom. The van der Waals surface area contributed by atoms with Crippen LogP contribution in [0.25, 0.3) is 0 Å². The summed E-state index contributed by atoms with van der Waals surface area (Å²) in [4.78, 5) is 31.0. The summed E-state index contributed by atoms with van der Waals surface area (Å²) < 4.78 is 1.25. The number of piperazine rings is 1. The SMILES string of the molecule is CN(Cc1ccccc1)C(=O)Cn1nc(N2CCN(c3cccc(Cl)c3)CC2)ccc1=O. The first-order valence-corrected chi connectivity index (χ1v) is 11.0. The molecule has 1 aliphatic heterocycles. The molecule has 0 radical (unpaired) electrons. The Kier molecular flexibility index (Phi) is 6.75. The summed E-state index contributed by atoms with van der Waals surface area (Å²) in [5.41, 5.74) is 1.85. The van der Waals surface area contributed by atoms with Crippen molar-refractivity contribution >= 4 is 29.0 Å². The fourth-order valence-corrected chi connectivity index (χ4v) is 3.97. The highest BCUT2D eigenvalue weighted by Crippen LogP contribution is 2.22. The number of hydrogen-bond donors (Lipinski definition) is 0. The summed E-state index contributed by atoms with van der Waals surface area (Å²) >= 11 is 6.12. The maximum Gasteiger partial charge on any atom is 0.267 e. The predicted molar refractivity (Wildman–Crippen MR) is 127 cm³/mol. The fraction of sp³-hybridized carbons (Fsp3) is 0.292. The Labute approximate surface area is 192 Å². The van der Waals surface area contributed by atoms with Gasteiger partial charge in [-0.3, -0.25) is 9.59 Å². The smallest absolute Gasteiger partial charge is 0.267 e. The molecule has 32 heavy (non-hydrogen) atoms. The van der Waals surface area contributed by atoms with Crippen LogP contribution in [0.3, 0.4) is 0 Å². The number of likely N-dealkylation sites (N-methyl/N-ethyl adjacent to an activating group) is 1. The molecule has 1 amide bonds. The molecule has 0 aliphatic carbocycles. The molecule has 0 bridgehead atoms. The van der Waals surface area contributed by atoms with E-state index in [0.29, 0.717) is 12.4 Å². The van der Waals surface area contributed by atoms with Crippen molar-refractivity contribution in [3.8, 4) is 0 Å². The van der Waals surface area contributed by atoms with Gasteiger partial charge in [-0.2, -0.15) is 5.10 Å². The first-order valence-electron chi connectivity index (χ1n) is 10.6. The molecule has 0 unspecified atom stereocenters. The van der Waals surface area contributed by atoms with E-state index in [1.54, 1.807) is 18.0 Å². The first-order chi connectivity index (χ1) is 15.5. The summed E-state index contributed by atoms with van der Waals surface area (Å²) in [6, 6.07) is 20.8. The van der Waals surface area contributed by atoms with Crippen LogP contribution in [-0.2, 0) is 17.9 Å². The van der Waals surface area contributed by atoms with E-state index in [0.717, 1.165) is 42.5 Å². The molecule has 0 atom stereocenters. The molecule has 2 heterocycles. The summed E-state index contributed by atoms with van der Waals surface area (Å²) in [5.74, 6) is 0.542. The third-order valence-electron chi connectivity index (χ3n) is 5.60. The number of aromatic nitrogens is 2. The van der Waals surface area contributed by atoms with Crippen molar-refractivity contribution in [2.45, 2.75) is 13.1 Å². The molecule has 0 N–H and O–H groups in total. The van der Waals surface area contributed by atoms with Crippen LogP contribution < -0.4 is 15.4 Å². The van der Waals surface area contributed by atoms with E-state index in [1.807, 2.05) is 48.5 Å². The highest BCUT2D eigenvalue weighted by molar-refractivity contribution is 6.30. The number of hydrogen-bond acceptors (Lipinski definition) is 5. The molecule has 1 fully saturated rings. The molecule has 0 spiro atoms. The standard InChI is InChI=1S/C24H26ClN5O2/c1-27(17-19-6-3-2-4-7-19)24(32)18-30-23(31)11-10-22(26-30)29-14-12-28(13-15-29)21-9-5-8-20(25)16-21/h2-11,16H,12-15,17-18H2,1H3. The minimum atomic E-state index is -0.284. The van der Waals surface area contributed by atoms with Gasteiger partial charge in [0.2, 0.25) is 5.91 Å². The second-order valence-corrected chi connectivity index (χ2v) is 8.31. The van der Waals surface area contributed by atoms with Gasteiger partial charge in [-0.25, -0.2) is 4.68 Å². The molecular formula is C24H26ClN5O2. The fourth-order valence-electron chi connectivity index (χ4n) is 3.78. The maximum absolute atomic E-state index is 12.7. The molecule has 2 aromatic carbocycles. The number of nitrogens with zero attached hydrogens (tertiary/aromatic N) is 5. The Morgan fingerprint density at radius 3 is 2.41 bits per heavy atom. The number of benzene rings is 2. The lowest BCUT2D eigenvalue weighted by Crippen LogP contribution is -2.47. The monoisotopic (exact) mass is 451 g/mol. The Balaban J connectivity index is 1.39. The molecule has 0 saturated carbocycles. The third kappa shape index (κ3) is 5.29. The zero-order chi connectivity index (χ0) is 22.5. The zero-order valence-electron chi connectivity index (χ0n) is 18.0. The number of carbonyl (C=O) groups excluding carboxylic acids is 1. The van der Waals surface area contributed by atoms with Gasteiger partial charge in [-0.15, -0.1) is 0 Å². The summed E-state index contributed by atoms with van der Waals surface area (Å²) in [7, 11) is 1.74. The van der Waals surface area contributed by atoms with Crippen LogP contribution in [0.2, 0.25) is 5.02 Å². The summed E-state index contributed by atoms with van der Waals surface area (Å²) in [6.45, 7) is 3.57. The summed E-state index contributed by atoms with van der Waals surface area (Å²) in [5, 5.41) is 5.20. The van der Waals surface area contributed by atoms with E-state index in [-0.39, 0.29) is 18.0 Å². The van der Waals surface area contributed by atoms with Crippen LogP contribution in [0.1, 0.15) is 5.56 Å². The molecule has 7 nitrogen and oxygen atoms in total. The van der Waals surface area contributed by atoms with E-state index in [2.05, 4.69) is 21.0 Å². The van der Waals surface area contributed by atoms with Crippen molar-refractivity contribution in [2.75, 3.05) is 43.0 Å². The highest BCUT2D eigenvalue weighted by atomic mass is 35.5. The number of carbonyl (C=O) groups is 1. The average molecular weight is 452 g/mol. The molecule has 1 aromatic heterocycles. The van der Waals surface area contributed by atoms with Gasteiger partial charge in [-0.05, 0) is 29.8 Å². The second kappa shape index (κ2) is 9.87. The van der Waals surface area contributed by atoms with Gasteiger partial charge >= 0.3 is 0 Å². The van der Waals surface area contributed by atoms with E-state index in [1.165, 1.54) is 10.7 Å². The Morgan fingerprint density at radius 2 is 1.69 bits per heavy atom. The van der Waals surface area contributed by atoms with E-state index in [9.17, 15) is 9.59 Å². The lowest BCUT2D eigenvalue weighted by molar-refractivity contribution is -0.131. The minimum absolute atomic E-state index is 0.0848. The molecule has 1 aliphatic rings. The molecule has 3 aromatic rings. The normalized spacial score (nSPS) is 13.8. The van der Waals surface area contributed by atoms with Gasteiger partial charge in [0.1, 0.15) is 12.4 Å². The zero-order valence-corrected chi connectivity index (χ0v) is 18.8. The van der Waals surface area contributed by atoms with Crippen molar-refractivity contribution in [1.82, 2.24) is 14.7 Å². The van der Waals surface area contributed by atoms with Gasteiger partial charge in [0.25, 0.3) is 5.56 Å². The lowest BCUT2D eigenvalue weighted by atomic mass is 10.2. The van der Waals surface area contributed by atoms with Gasteiger partial charge < -0.3 is 14.7 Å². The highest BCUT2D eigenvalue weighted by Gasteiger charge is 2.20. The number of rotatable bonds is 6. The van der Waals surface area contributed by atoms with Crippen LogP contribution in [-0.4, -0.2) is 53.8 Å². The van der Waals surface area contributed by atoms with Crippen molar-refractivity contribution < 1.29 is 4.79 Å². The number of amides is 1. The predicted octanol–water partition coefficient (Wildman–Crippen LogP) is 2.88. The van der Waals surface area contributed by atoms with Crippen molar-refractivity contribution in [3.63, 3.8) is 0 Å². The number of anilines is 2. The van der Waals surface area contributed by atoms with Gasteiger partial charge in [-0.1, -0.05) is 48.0 Å². The number of halogens is 1. The molecule has 8 heteroatoms. The first kappa shape index (κ1) is 21.9. The molecule has 1 saturated heterocycles. The van der Waals surface area contributed by atoms with Crippen LogP contribution in [0.15, 0.2) is 71.5 Å². The average Bonchev–Trinajstić information content (AvgIpc) is 2.81. The van der Waals surface area contributed by atoms with Gasteiger partial charge in [0.15, 0.2) is 0 Å². The minimum Gasteiger partial charge on any atom is -0.368 e. The van der Waals surface area contributed by atoms with E-state index >= 15 is 0 Å². The maximum atomic E-state index is 12.7. The Bertz CT molecular complexity index is 1130. The topological polar surface area (TPSA) is 61.7 Å². The van der Waals surface area contributed by atoms with Crippen LogP contribution in [0, 0.1) is 0 Å². The third-order valence-corrected chi connectivity index (χ3v) is 5.84. The molecular weight excluding hydrogens is 426 g/mol. The largest absolute Gasteiger partial charge is 0.368 e.